The number of nitrogens with zero attached hydrogens (tertiary/aromatic N) is 1. The Morgan fingerprint density at radius 3 is 2.39 bits per heavy atom. The number of carbonyl (C=O) groups excluding carboxylic acids is 1. The summed E-state index contributed by atoms with van der Waals surface area (Å²) in [6, 6.07) is 18.3. The number of aryl methyl sites for hydroxylation is 1. The third-order valence-electron chi connectivity index (χ3n) is 7.09. The predicted molar refractivity (Wildman–Crippen MR) is 138 cm³/mol. The molecule has 5 aromatic rings. The summed E-state index contributed by atoms with van der Waals surface area (Å²) >= 11 is 0. The minimum atomic E-state index is -1.49. The lowest BCUT2D eigenvalue weighted by atomic mass is 9.92. The average Bonchev–Trinajstić information content (AvgIpc) is 3.20. The van der Waals surface area contributed by atoms with Crippen molar-refractivity contribution in [3.05, 3.63) is 92.8 Å². The van der Waals surface area contributed by atoms with E-state index in [1.54, 1.807) is 0 Å². The number of aliphatic hydroxyl groups excluding tert-OH is 2. The largest absolute Gasteiger partial charge is 0.508 e. The Hall–Kier alpha value is -4.25. The van der Waals surface area contributed by atoms with Crippen LogP contribution in [0, 0.1) is 6.92 Å². The van der Waals surface area contributed by atoms with Gasteiger partial charge in [0.25, 0.3) is 5.56 Å². The topological polar surface area (TPSA) is 140 Å². The fourth-order valence-corrected chi connectivity index (χ4v) is 5.12. The molecule has 1 aliphatic heterocycles. The molecule has 0 unspecified atom stereocenters. The molecule has 10 heteroatoms. The van der Waals surface area contributed by atoms with Crippen LogP contribution in [0.15, 0.2) is 70.4 Å². The zero-order valence-electron chi connectivity index (χ0n) is 20.3. The van der Waals surface area contributed by atoms with Crippen molar-refractivity contribution in [1.82, 2.24) is 9.55 Å². The molecule has 0 radical (unpaired) electrons. The first-order valence-corrected chi connectivity index (χ1v) is 12.1. The highest BCUT2D eigenvalue weighted by Crippen LogP contribution is 2.36. The maximum absolute atomic E-state index is 12.4. The van der Waals surface area contributed by atoms with Gasteiger partial charge in [-0.05, 0) is 44.8 Å². The standard InChI is InChI=1S/C28H24N2O8/c1-14-11-30(27(34)29-25(14)33)26-24(32)23(31)20(38-26)13-37-28(35)36-12-18-8-7-17-6-5-15-3-2-4-16-9-10-19(18)22(17)21(15)16/h2-11,20,23-24,26,31-32H,12-13H2,1H3,(H,29,33,34)/t20-,23-,24-,26-/m1/s1. The van der Waals surface area contributed by atoms with Crippen molar-refractivity contribution in [3.8, 4) is 0 Å². The van der Waals surface area contributed by atoms with Crippen LogP contribution in [-0.2, 0) is 20.8 Å². The van der Waals surface area contributed by atoms with Crippen molar-refractivity contribution in [2.45, 2.75) is 38.1 Å². The van der Waals surface area contributed by atoms with Crippen molar-refractivity contribution in [1.29, 1.82) is 0 Å². The summed E-state index contributed by atoms with van der Waals surface area (Å²) in [5.41, 5.74) is -0.323. The number of aliphatic hydroxyl groups is 2. The minimum absolute atomic E-state index is 0.0294. The van der Waals surface area contributed by atoms with E-state index in [-0.39, 0.29) is 12.2 Å². The van der Waals surface area contributed by atoms with Crippen molar-refractivity contribution in [3.63, 3.8) is 0 Å². The SMILES string of the molecule is Cc1cn([C@@H]2O[C@H](COC(=O)OCc3ccc4ccc5cccc6ccc3c4c56)[C@@H](O)[C@H]2O)c(=O)[nH]c1=O. The number of benzene rings is 4. The van der Waals surface area contributed by atoms with Crippen molar-refractivity contribution in [2.24, 2.45) is 0 Å². The molecule has 0 amide bonds. The summed E-state index contributed by atoms with van der Waals surface area (Å²) in [6.45, 7) is 1.05. The fourth-order valence-electron chi connectivity index (χ4n) is 5.12. The van der Waals surface area contributed by atoms with Gasteiger partial charge in [-0.2, -0.15) is 0 Å². The molecule has 2 heterocycles. The molecule has 4 atom stereocenters. The Kier molecular flexibility index (Phi) is 5.87. The van der Waals surface area contributed by atoms with E-state index >= 15 is 0 Å². The zero-order valence-corrected chi connectivity index (χ0v) is 20.3. The van der Waals surface area contributed by atoms with Gasteiger partial charge in [-0.15, -0.1) is 0 Å². The number of aromatic nitrogens is 2. The molecule has 0 spiro atoms. The highest BCUT2D eigenvalue weighted by molar-refractivity contribution is 6.23. The number of carbonyl (C=O) groups is 1. The van der Waals surface area contributed by atoms with E-state index < -0.39 is 48.6 Å². The number of hydrogen-bond acceptors (Lipinski definition) is 8. The van der Waals surface area contributed by atoms with Crippen LogP contribution in [0.3, 0.4) is 0 Å². The molecule has 1 saturated heterocycles. The van der Waals surface area contributed by atoms with Gasteiger partial charge in [0.2, 0.25) is 0 Å². The van der Waals surface area contributed by atoms with Gasteiger partial charge in [-0.1, -0.05) is 54.6 Å². The van der Waals surface area contributed by atoms with E-state index in [1.807, 2.05) is 30.3 Å². The molecule has 6 rings (SSSR count). The summed E-state index contributed by atoms with van der Waals surface area (Å²) < 4.78 is 17.1. The maximum Gasteiger partial charge on any atom is 0.508 e. The molecule has 4 aromatic carbocycles. The van der Waals surface area contributed by atoms with E-state index in [0.29, 0.717) is 0 Å². The quantitative estimate of drug-likeness (QED) is 0.239. The highest BCUT2D eigenvalue weighted by atomic mass is 16.7. The van der Waals surface area contributed by atoms with Gasteiger partial charge in [0.1, 0.15) is 31.5 Å². The molecule has 1 aliphatic rings. The summed E-state index contributed by atoms with van der Waals surface area (Å²) in [4.78, 5) is 38.3. The molecule has 1 fully saturated rings. The monoisotopic (exact) mass is 516 g/mol. The van der Waals surface area contributed by atoms with E-state index in [1.165, 1.54) is 13.1 Å². The van der Waals surface area contributed by atoms with Crippen molar-refractivity contribution >= 4 is 38.5 Å². The molecular formula is C28H24N2O8. The van der Waals surface area contributed by atoms with Crippen LogP contribution in [0.2, 0.25) is 0 Å². The van der Waals surface area contributed by atoms with Crippen LogP contribution in [-0.4, -0.2) is 50.8 Å². The molecule has 0 saturated carbocycles. The zero-order chi connectivity index (χ0) is 26.6. The van der Waals surface area contributed by atoms with Crippen molar-refractivity contribution in [2.75, 3.05) is 6.61 Å². The normalized spacial score (nSPS) is 21.4. The van der Waals surface area contributed by atoms with Gasteiger partial charge in [-0.25, -0.2) is 9.59 Å². The molecule has 10 nitrogen and oxygen atoms in total. The third kappa shape index (κ3) is 3.99. The summed E-state index contributed by atoms with van der Waals surface area (Å²) in [5, 5.41) is 27.4. The number of aromatic amines is 1. The van der Waals surface area contributed by atoms with Gasteiger partial charge >= 0.3 is 11.8 Å². The second-order valence-corrected chi connectivity index (χ2v) is 9.46. The van der Waals surface area contributed by atoms with Gasteiger partial charge < -0.3 is 24.4 Å². The Bertz CT molecular complexity index is 1780. The first-order valence-electron chi connectivity index (χ1n) is 12.1. The molecule has 3 N–H and O–H groups in total. The first kappa shape index (κ1) is 24.1. The Labute approximate surface area is 214 Å². The molecule has 38 heavy (non-hydrogen) atoms. The van der Waals surface area contributed by atoms with Crippen LogP contribution in [0.25, 0.3) is 32.3 Å². The number of H-pyrrole nitrogens is 1. The molecule has 194 valence electrons. The van der Waals surface area contributed by atoms with Crippen LogP contribution < -0.4 is 11.2 Å². The lowest BCUT2D eigenvalue weighted by molar-refractivity contribution is -0.0648. The van der Waals surface area contributed by atoms with E-state index in [2.05, 4.69) is 29.2 Å². The van der Waals surface area contributed by atoms with E-state index in [4.69, 9.17) is 14.2 Å². The second kappa shape index (κ2) is 9.25. The van der Waals surface area contributed by atoms with E-state index in [9.17, 15) is 24.6 Å². The van der Waals surface area contributed by atoms with Gasteiger partial charge in [0, 0.05) is 11.8 Å². The smallest absolute Gasteiger partial charge is 0.431 e. The van der Waals surface area contributed by atoms with Gasteiger partial charge in [-0.3, -0.25) is 14.3 Å². The van der Waals surface area contributed by atoms with Crippen LogP contribution >= 0.6 is 0 Å². The number of hydrogen-bond donors (Lipinski definition) is 3. The predicted octanol–water partition coefficient (Wildman–Crippen LogP) is 2.72. The highest BCUT2D eigenvalue weighted by Gasteiger charge is 2.44. The lowest BCUT2D eigenvalue weighted by Crippen LogP contribution is -2.38. The lowest BCUT2D eigenvalue weighted by Gasteiger charge is -2.17. The van der Waals surface area contributed by atoms with Crippen LogP contribution in [0.4, 0.5) is 4.79 Å². The molecule has 0 bridgehead atoms. The summed E-state index contributed by atoms with van der Waals surface area (Å²) in [5.74, 6) is 0. The molecule has 0 aliphatic carbocycles. The number of rotatable bonds is 5. The number of nitrogens with one attached hydrogen (secondary N) is 1. The fraction of sp³-hybridized carbons (Fsp3) is 0.250. The Morgan fingerprint density at radius 2 is 1.63 bits per heavy atom. The molecule has 1 aromatic heterocycles. The Morgan fingerprint density at radius 1 is 0.947 bits per heavy atom. The minimum Gasteiger partial charge on any atom is -0.431 e. The van der Waals surface area contributed by atoms with Gasteiger partial charge in [0.15, 0.2) is 6.23 Å². The third-order valence-corrected chi connectivity index (χ3v) is 7.09. The summed E-state index contributed by atoms with van der Waals surface area (Å²) in [6.07, 6.45) is -5.05. The van der Waals surface area contributed by atoms with E-state index in [0.717, 1.165) is 42.4 Å². The van der Waals surface area contributed by atoms with Gasteiger partial charge in [0.05, 0.1) is 0 Å². The van der Waals surface area contributed by atoms with Crippen molar-refractivity contribution < 1.29 is 29.2 Å². The maximum atomic E-state index is 12.4. The number of ether oxygens (including phenoxy) is 3. The van der Waals surface area contributed by atoms with Crippen LogP contribution in [0.5, 0.6) is 0 Å². The summed E-state index contributed by atoms with van der Waals surface area (Å²) in [7, 11) is 0. The second-order valence-electron chi connectivity index (χ2n) is 9.46. The first-order chi connectivity index (χ1) is 18.3. The average molecular weight is 517 g/mol. The molecular weight excluding hydrogens is 492 g/mol. The Balaban J connectivity index is 1.14. The van der Waals surface area contributed by atoms with Crippen LogP contribution in [0.1, 0.15) is 17.4 Å².